The van der Waals surface area contributed by atoms with Crippen LogP contribution in [0.15, 0.2) is 0 Å². The van der Waals surface area contributed by atoms with Gasteiger partial charge in [0.15, 0.2) is 0 Å². The van der Waals surface area contributed by atoms with Gasteiger partial charge in [-0.05, 0) is 0 Å². The van der Waals surface area contributed by atoms with Gasteiger partial charge in [0.25, 0.3) is 0 Å². The summed E-state index contributed by atoms with van der Waals surface area (Å²) in [6, 6.07) is 0. The molecule has 3 N–H and O–H groups in total. The van der Waals surface area contributed by atoms with E-state index in [9.17, 15) is 19.5 Å². The second kappa shape index (κ2) is 6.22. The Balaban J connectivity index is 2.57. The standard InChI is InChI=1S/C8H20O8P2/c1-13-18(11,12)16-6-4-8(9)15-7(6)5-14-17(2,3)10/h6-10,17H,4-5H2,1-3H3,(H,11,12). The van der Waals surface area contributed by atoms with E-state index >= 15 is 0 Å². The third-order valence-electron chi connectivity index (χ3n) is 2.28. The average Bonchev–Trinajstić information content (AvgIpc) is 2.54. The van der Waals surface area contributed by atoms with Crippen molar-refractivity contribution in [1.82, 2.24) is 0 Å². The van der Waals surface area contributed by atoms with Gasteiger partial charge in [-0.15, -0.1) is 0 Å². The van der Waals surface area contributed by atoms with E-state index in [4.69, 9.17) is 13.8 Å². The monoisotopic (exact) mass is 306 g/mol. The van der Waals surface area contributed by atoms with Crippen LogP contribution in [0.3, 0.4) is 0 Å². The van der Waals surface area contributed by atoms with E-state index in [2.05, 4.69) is 4.52 Å². The van der Waals surface area contributed by atoms with E-state index in [0.717, 1.165) is 7.11 Å². The summed E-state index contributed by atoms with van der Waals surface area (Å²) in [6.07, 6.45) is -2.61. The molecule has 0 aliphatic carbocycles. The molecule has 0 spiro atoms. The zero-order chi connectivity index (χ0) is 14.0. The molecule has 0 bridgehead atoms. The third kappa shape index (κ3) is 5.57. The molecule has 0 saturated carbocycles. The van der Waals surface area contributed by atoms with Crippen LogP contribution in [-0.4, -0.2) is 60.4 Å². The van der Waals surface area contributed by atoms with Gasteiger partial charge in [-0.1, -0.05) is 0 Å². The van der Waals surface area contributed by atoms with Gasteiger partial charge >= 0.3 is 105 Å². The topological polar surface area (TPSA) is 115 Å². The summed E-state index contributed by atoms with van der Waals surface area (Å²) in [5.74, 6) is 0. The molecule has 1 heterocycles. The molecule has 110 valence electrons. The predicted octanol–water partition coefficient (Wildman–Crippen LogP) is 0.0741. The van der Waals surface area contributed by atoms with Crippen LogP contribution in [0.5, 0.6) is 0 Å². The number of phosphoric ester groups is 1. The fraction of sp³-hybridized carbons (Fsp3) is 1.00. The fourth-order valence-corrected chi connectivity index (χ4v) is 2.68. The van der Waals surface area contributed by atoms with E-state index in [-0.39, 0.29) is 13.0 Å². The molecule has 1 rings (SSSR count). The predicted molar refractivity (Wildman–Crippen MR) is 65.5 cm³/mol. The molecule has 1 aliphatic rings. The van der Waals surface area contributed by atoms with Crippen molar-refractivity contribution in [3.05, 3.63) is 0 Å². The summed E-state index contributed by atoms with van der Waals surface area (Å²) in [7, 11) is -5.83. The van der Waals surface area contributed by atoms with Crippen molar-refractivity contribution < 1.29 is 37.8 Å². The molecule has 1 aliphatic heterocycles. The molecular formula is C8H20O8P2. The minimum absolute atomic E-state index is 0.0266. The Kier molecular flexibility index (Phi) is 5.68. The van der Waals surface area contributed by atoms with E-state index in [1.54, 1.807) is 13.3 Å². The van der Waals surface area contributed by atoms with E-state index in [1.807, 2.05) is 0 Å². The van der Waals surface area contributed by atoms with E-state index in [0.29, 0.717) is 0 Å². The number of hydrogen-bond donors (Lipinski definition) is 3. The first-order chi connectivity index (χ1) is 8.13. The zero-order valence-electron chi connectivity index (χ0n) is 10.5. The second-order valence-electron chi connectivity index (χ2n) is 4.42. The fourth-order valence-electron chi connectivity index (χ4n) is 1.45. The first-order valence-corrected chi connectivity index (χ1v) is 9.75. The van der Waals surface area contributed by atoms with Crippen LogP contribution >= 0.6 is 15.5 Å². The zero-order valence-corrected chi connectivity index (χ0v) is 12.4. The van der Waals surface area contributed by atoms with Crippen molar-refractivity contribution in [2.75, 3.05) is 27.0 Å². The Morgan fingerprint density at radius 3 is 2.61 bits per heavy atom. The molecule has 8 nitrogen and oxygen atoms in total. The van der Waals surface area contributed by atoms with Crippen LogP contribution in [0.2, 0.25) is 0 Å². The summed E-state index contributed by atoms with van der Waals surface area (Å²) < 4.78 is 30.7. The number of hydrogen-bond acceptors (Lipinski definition) is 7. The van der Waals surface area contributed by atoms with Gasteiger partial charge in [0, 0.05) is 0 Å². The van der Waals surface area contributed by atoms with Crippen LogP contribution in [-0.2, 0) is 22.9 Å². The van der Waals surface area contributed by atoms with Gasteiger partial charge in [0.05, 0.1) is 0 Å². The quantitative estimate of drug-likeness (QED) is 0.591. The first kappa shape index (κ1) is 16.4. The summed E-state index contributed by atoms with van der Waals surface area (Å²) >= 11 is 0. The van der Waals surface area contributed by atoms with Gasteiger partial charge < -0.3 is 0 Å². The van der Waals surface area contributed by atoms with Gasteiger partial charge in [-0.2, -0.15) is 0 Å². The SMILES string of the molecule is COP(=O)(O)OC1CC(O)OC1CO[PH](C)(C)O. The van der Waals surface area contributed by atoms with E-state index in [1.165, 1.54) is 0 Å². The molecule has 18 heavy (non-hydrogen) atoms. The van der Waals surface area contributed by atoms with Crippen LogP contribution in [0.25, 0.3) is 0 Å². The average molecular weight is 306 g/mol. The van der Waals surface area contributed by atoms with Gasteiger partial charge in [-0.3, -0.25) is 0 Å². The van der Waals surface area contributed by atoms with Crippen molar-refractivity contribution >= 4 is 15.5 Å². The number of phosphoric acid groups is 1. The maximum absolute atomic E-state index is 11.3. The maximum atomic E-state index is 11.3. The van der Waals surface area contributed by atoms with E-state index < -0.39 is 34.0 Å². The first-order valence-electron chi connectivity index (χ1n) is 5.40. The molecule has 0 aromatic carbocycles. The van der Waals surface area contributed by atoms with Crippen LogP contribution < -0.4 is 0 Å². The van der Waals surface area contributed by atoms with Gasteiger partial charge in [-0.25, -0.2) is 0 Å². The Labute approximate surface area is 106 Å². The van der Waals surface area contributed by atoms with Crippen molar-refractivity contribution in [3.8, 4) is 0 Å². The van der Waals surface area contributed by atoms with Crippen molar-refractivity contribution in [2.45, 2.75) is 24.9 Å². The molecule has 1 saturated heterocycles. The third-order valence-corrected chi connectivity index (χ3v) is 4.15. The molecule has 1 fully saturated rings. The van der Waals surface area contributed by atoms with Crippen molar-refractivity contribution in [3.63, 3.8) is 0 Å². The number of aliphatic hydroxyl groups is 1. The second-order valence-corrected chi connectivity index (χ2v) is 9.11. The number of rotatable bonds is 6. The summed E-state index contributed by atoms with van der Waals surface area (Å²) in [6.45, 7) is 3.11. The van der Waals surface area contributed by atoms with Crippen LogP contribution in [0.4, 0.5) is 0 Å². The van der Waals surface area contributed by atoms with Crippen molar-refractivity contribution in [2.24, 2.45) is 0 Å². The van der Waals surface area contributed by atoms with Crippen molar-refractivity contribution in [1.29, 1.82) is 0 Å². The Hall–Kier alpha value is 0.380. The van der Waals surface area contributed by atoms with Gasteiger partial charge in [0.1, 0.15) is 0 Å². The van der Waals surface area contributed by atoms with Crippen LogP contribution in [0.1, 0.15) is 6.42 Å². The number of ether oxygens (including phenoxy) is 1. The molecule has 0 amide bonds. The van der Waals surface area contributed by atoms with Crippen LogP contribution in [0, 0.1) is 0 Å². The Morgan fingerprint density at radius 1 is 1.50 bits per heavy atom. The molecule has 4 atom stereocenters. The Bertz CT molecular complexity index is 317. The molecule has 4 unspecified atom stereocenters. The molecule has 0 radical (unpaired) electrons. The summed E-state index contributed by atoms with van der Waals surface area (Å²) in [5, 5.41) is 9.35. The molecule has 0 aromatic rings. The molecular weight excluding hydrogens is 286 g/mol. The normalized spacial score (nSPS) is 33.3. The van der Waals surface area contributed by atoms with Gasteiger partial charge in [0.2, 0.25) is 0 Å². The summed E-state index contributed by atoms with van der Waals surface area (Å²) in [5.41, 5.74) is 0. The number of aliphatic hydroxyl groups excluding tert-OH is 1. The minimum atomic E-state index is -4.15. The Morgan fingerprint density at radius 2 is 2.11 bits per heavy atom. The molecule has 0 aromatic heterocycles. The molecule has 10 heteroatoms. The summed E-state index contributed by atoms with van der Waals surface area (Å²) in [4.78, 5) is 18.7.